The number of aromatic hydroxyl groups is 1. The number of carbonyl (C=O) groups excluding carboxylic acids is 1. The summed E-state index contributed by atoms with van der Waals surface area (Å²) in [5, 5.41) is 19.1. The number of hydrogen-bond acceptors (Lipinski definition) is 4. The van der Waals surface area contributed by atoms with Gasteiger partial charge in [0.15, 0.2) is 0 Å². The average Bonchev–Trinajstić information content (AvgIpc) is 2.59. The van der Waals surface area contributed by atoms with E-state index in [4.69, 9.17) is 5.11 Å². The van der Waals surface area contributed by atoms with Crippen LogP contribution in [0.3, 0.4) is 0 Å². The van der Waals surface area contributed by atoms with Crippen molar-refractivity contribution < 1.29 is 19.8 Å². The number of carboxylic acids is 1. The van der Waals surface area contributed by atoms with Crippen molar-refractivity contribution in [3.05, 3.63) is 57.5 Å². The molecule has 0 radical (unpaired) electrons. The molecule has 1 aromatic heterocycles. The molecule has 0 spiro atoms. The van der Waals surface area contributed by atoms with Crippen molar-refractivity contribution >= 4 is 17.6 Å². The average molecular weight is 342 g/mol. The van der Waals surface area contributed by atoms with E-state index in [-0.39, 0.29) is 11.3 Å². The molecule has 0 atom stereocenters. The number of fused-ring (bicyclic) bond motifs is 1. The standard InChI is InChI=1S/C18H18N2O5/c1-11-6-7-14(21)16-12(11)4-3-9-20(16)18(25)13-5-2-8-19(17(13)24)10-15(22)23/h2,5-8,21H,3-4,9-10H2,1H3,(H,22,23). The first kappa shape index (κ1) is 16.8. The number of pyridine rings is 1. The molecule has 0 fully saturated rings. The molecule has 2 aromatic rings. The fourth-order valence-electron chi connectivity index (χ4n) is 3.19. The van der Waals surface area contributed by atoms with Gasteiger partial charge in [0, 0.05) is 12.7 Å². The Morgan fingerprint density at radius 3 is 2.72 bits per heavy atom. The van der Waals surface area contributed by atoms with Gasteiger partial charge in [0.05, 0.1) is 5.69 Å². The summed E-state index contributed by atoms with van der Waals surface area (Å²) in [6, 6.07) is 6.18. The van der Waals surface area contributed by atoms with E-state index in [2.05, 4.69) is 0 Å². The number of carboxylic acid groups (broad SMARTS) is 1. The van der Waals surface area contributed by atoms with Crippen LogP contribution in [0.5, 0.6) is 5.75 Å². The van der Waals surface area contributed by atoms with Crippen LogP contribution in [0.25, 0.3) is 0 Å². The zero-order valence-corrected chi connectivity index (χ0v) is 13.7. The van der Waals surface area contributed by atoms with Crippen LogP contribution in [0.1, 0.15) is 27.9 Å². The summed E-state index contributed by atoms with van der Waals surface area (Å²) in [5.74, 6) is -1.70. The molecular weight excluding hydrogens is 324 g/mol. The van der Waals surface area contributed by atoms with Gasteiger partial charge in [0.2, 0.25) is 0 Å². The van der Waals surface area contributed by atoms with E-state index in [1.165, 1.54) is 29.3 Å². The largest absolute Gasteiger partial charge is 0.506 e. The van der Waals surface area contributed by atoms with Crippen LogP contribution in [0, 0.1) is 6.92 Å². The molecule has 7 nitrogen and oxygen atoms in total. The number of anilines is 1. The Kier molecular flexibility index (Phi) is 4.31. The van der Waals surface area contributed by atoms with Gasteiger partial charge in [0.25, 0.3) is 11.5 Å². The number of nitrogens with zero attached hydrogens (tertiary/aromatic N) is 2. The molecule has 0 unspecified atom stereocenters. The normalized spacial score (nSPS) is 13.4. The Balaban J connectivity index is 2.06. The molecule has 1 amide bonds. The number of amides is 1. The molecule has 1 aromatic carbocycles. The van der Waals surface area contributed by atoms with Gasteiger partial charge < -0.3 is 19.7 Å². The van der Waals surface area contributed by atoms with Crippen molar-refractivity contribution in [3.8, 4) is 5.75 Å². The monoisotopic (exact) mass is 342 g/mol. The van der Waals surface area contributed by atoms with Crippen LogP contribution in [0.2, 0.25) is 0 Å². The minimum atomic E-state index is -1.16. The van der Waals surface area contributed by atoms with Gasteiger partial charge in [-0.1, -0.05) is 6.07 Å². The topological polar surface area (TPSA) is 99.8 Å². The van der Waals surface area contributed by atoms with Gasteiger partial charge in [-0.3, -0.25) is 14.4 Å². The Labute approximate surface area is 143 Å². The van der Waals surface area contributed by atoms with Crippen LogP contribution < -0.4 is 10.5 Å². The van der Waals surface area contributed by atoms with Gasteiger partial charge in [-0.2, -0.15) is 0 Å². The Bertz CT molecular complexity index is 916. The molecular formula is C18H18N2O5. The third-order valence-corrected chi connectivity index (χ3v) is 4.38. The SMILES string of the molecule is Cc1ccc(O)c2c1CCCN2C(=O)c1cccn(CC(=O)O)c1=O. The number of benzene rings is 1. The van der Waals surface area contributed by atoms with Crippen molar-refractivity contribution in [2.24, 2.45) is 0 Å². The van der Waals surface area contributed by atoms with Gasteiger partial charge in [-0.05, 0) is 49.1 Å². The number of rotatable bonds is 3. The quantitative estimate of drug-likeness (QED) is 0.881. The van der Waals surface area contributed by atoms with Crippen LogP contribution in [0.4, 0.5) is 5.69 Å². The number of aryl methyl sites for hydroxylation is 1. The molecule has 0 bridgehead atoms. The second kappa shape index (κ2) is 6.43. The fourth-order valence-corrected chi connectivity index (χ4v) is 3.19. The minimum Gasteiger partial charge on any atom is -0.506 e. The van der Waals surface area contributed by atoms with Crippen LogP contribution in [0.15, 0.2) is 35.3 Å². The van der Waals surface area contributed by atoms with E-state index in [0.717, 1.165) is 28.5 Å². The lowest BCUT2D eigenvalue weighted by Gasteiger charge is -2.31. The second-order valence-electron chi connectivity index (χ2n) is 6.04. The number of aromatic nitrogens is 1. The minimum absolute atomic E-state index is 0.00422. The number of hydrogen-bond donors (Lipinski definition) is 2. The summed E-state index contributed by atoms with van der Waals surface area (Å²) >= 11 is 0. The molecule has 7 heteroatoms. The van der Waals surface area contributed by atoms with E-state index in [1.54, 1.807) is 6.07 Å². The van der Waals surface area contributed by atoms with Crippen molar-refractivity contribution in [2.45, 2.75) is 26.3 Å². The zero-order chi connectivity index (χ0) is 18.1. The maximum atomic E-state index is 12.9. The first-order valence-electron chi connectivity index (χ1n) is 7.94. The first-order valence-corrected chi connectivity index (χ1v) is 7.94. The molecule has 2 heterocycles. The smallest absolute Gasteiger partial charge is 0.323 e. The molecule has 0 aliphatic carbocycles. The highest BCUT2D eigenvalue weighted by Crippen LogP contribution is 2.38. The predicted molar refractivity (Wildman–Crippen MR) is 91.2 cm³/mol. The van der Waals surface area contributed by atoms with Crippen molar-refractivity contribution in [2.75, 3.05) is 11.4 Å². The number of carbonyl (C=O) groups is 2. The summed E-state index contributed by atoms with van der Waals surface area (Å²) in [5.41, 5.74) is 1.53. The lowest BCUT2D eigenvalue weighted by atomic mass is 9.96. The Hall–Kier alpha value is -3.09. The highest BCUT2D eigenvalue weighted by atomic mass is 16.4. The lowest BCUT2D eigenvalue weighted by Crippen LogP contribution is -2.40. The van der Waals surface area contributed by atoms with Gasteiger partial charge in [0.1, 0.15) is 17.9 Å². The van der Waals surface area contributed by atoms with E-state index in [1.807, 2.05) is 6.92 Å². The van der Waals surface area contributed by atoms with E-state index in [0.29, 0.717) is 12.2 Å². The number of phenols is 1. The maximum absolute atomic E-state index is 12.9. The summed E-state index contributed by atoms with van der Waals surface area (Å²) in [6.07, 6.45) is 2.80. The van der Waals surface area contributed by atoms with Gasteiger partial charge in [-0.15, -0.1) is 0 Å². The molecule has 2 N–H and O–H groups in total. The van der Waals surface area contributed by atoms with Crippen molar-refractivity contribution in [1.29, 1.82) is 0 Å². The summed E-state index contributed by atoms with van der Waals surface area (Å²) in [6.45, 7) is 1.78. The molecule has 130 valence electrons. The van der Waals surface area contributed by atoms with E-state index in [9.17, 15) is 19.5 Å². The Morgan fingerprint density at radius 2 is 2.00 bits per heavy atom. The van der Waals surface area contributed by atoms with Gasteiger partial charge in [-0.25, -0.2) is 0 Å². The summed E-state index contributed by atoms with van der Waals surface area (Å²) in [4.78, 5) is 37.6. The maximum Gasteiger partial charge on any atom is 0.323 e. The highest BCUT2D eigenvalue weighted by Gasteiger charge is 2.29. The van der Waals surface area contributed by atoms with Crippen LogP contribution >= 0.6 is 0 Å². The van der Waals surface area contributed by atoms with Crippen molar-refractivity contribution in [3.63, 3.8) is 0 Å². The van der Waals surface area contributed by atoms with E-state index >= 15 is 0 Å². The summed E-state index contributed by atoms with van der Waals surface area (Å²) in [7, 11) is 0. The Morgan fingerprint density at radius 1 is 1.24 bits per heavy atom. The predicted octanol–water partition coefficient (Wildman–Crippen LogP) is 1.54. The fraction of sp³-hybridized carbons (Fsp3) is 0.278. The number of aliphatic carboxylic acids is 1. The third kappa shape index (κ3) is 3.00. The molecule has 1 aliphatic heterocycles. The molecule has 0 saturated carbocycles. The van der Waals surface area contributed by atoms with Crippen molar-refractivity contribution in [1.82, 2.24) is 4.57 Å². The molecule has 1 aliphatic rings. The zero-order valence-electron chi connectivity index (χ0n) is 13.7. The molecule has 25 heavy (non-hydrogen) atoms. The second-order valence-corrected chi connectivity index (χ2v) is 6.04. The lowest BCUT2D eigenvalue weighted by molar-refractivity contribution is -0.137. The highest BCUT2D eigenvalue weighted by molar-refractivity contribution is 6.07. The van der Waals surface area contributed by atoms with Crippen LogP contribution in [-0.4, -0.2) is 33.2 Å². The van der Waals surface area contributed by atoms with Gasteiger partial charge >= 0.3 is 5.97 Å². The molecule has 0 saturated heterocycles. The summed E-state index contributed by atoms with van der Waals surface area (Å²) < 4.78 is 0.983. The number of phenolic OH excluding ortho intramolecular Hbond substituents is 1. The third-order valence-electron chi connectivity index (χ3n) is 4.38. The van der Waals surface area contributed by atoms with E-state index < -0.39 is 24.0 Å². The van der Waals surface area contributed by atoms with Crippen LogP contribution in [-0.2, 0) is 17.8 Å². The first-order chi connectivity index (χ1) is 11.9. The molecule has 3 rings (SSSR count).